The van der Waals surface area contributed by atoms with Gasteiger partial charge in [0.15, 0.2) is 5.69 Å². The number of hydrogen-bond acceptors (Lipinski definition) is 8. The number of halogens is 1. The normalized spacial score (nSPS) is 11.5. The number of benzene rings is 2. The zero-order chi connectivity index (χ0) is 21.1. The molecule has 4 aromatic rings. The van der Waals surface area contributed by atoms with E-state index >= 15 is 0 Å². The Morgan fingerprint density at radius 2 is 1.87 bits per heavy atom. The van der Waals surface area contributed by atoms with Crippen molar-refractivity contribution in [1.82, 2.24) is 30.7 Å². The smallest absolute Gasteiger partial charge is 0.292 e. The molecule has 0 aliphatic carbocycles. The summed E-state index contributed by atoms with van der Waals surface area (Å²) in [5, 5.41) is 19.6. The van der Waals surface area contributed by atoms with E-state index in [-0.39, 0.29) is 17.3 Å². The van der Waals surface area contributed by atoms with Gasteiger partial charge in [-0.2, -0.15) is 9.78 Å². The van der Waals surface area contributed by atoms with Crippen LogP contribution in [-0.4, -0.2) is 36.9 Å². The molecule has 11 heteroatoms. The second kappa shape index (κ2) is 8.25. The molecule has 0 atom stereocenters. The lowest BCUT2D eigenvalue weighted by molar-refractivity contribution is 0.0947. The maximum Gasteiger partial charge on any atom is 0.292 e. The highest BCUT2D eigenvalue weighted by molar-refractivity contribution is 9.10. The van der Waals surface area contributed by atoms with E-state index < -0.39 is 5.91 Å². The van der Waals surface area contributed by atoms with E-state index in [9.17, 15) is 4.79 Å². The number of aromatic nitrogens is 5. The number of anilines is 1. The Hall–Kier alpha value is -3.86. The van der Waals surface area contributed by atoms with E-state index in [0.717, 1.165) is 10.0 Å². The van der Waals surface area contributed by atoms with Crippen molar-refractivity contribution in [2.75, 3.05) is 5.73 Å². The monoisotopic (exact) mass is 466 g/mol. The Labute approximate surface area is 178 Å². The summed E-state index contributed by atoms with van der Waals surface area (Å²) in [6.45, 7) is 1.79. The van der Waals surface area contributed by atoms with Crippen LogP contribution in [0, 0.1) is 0 Å². The third kappa shape index (κ3) is 3.82. The van der Waals surface area contributed by atoms with Crippen LogP contribution in [0.5, 0.6) is 0 Å². The Morgan fingerprint density at radius 3 is 2.53 bits per heavy atom. The third-order valence-corrected chi connectivity index (χ3v) is 4.74. The zero-order valence-electron chi connectivity index (χ0n) is 15.7. The predicted molar refractivity (Wildman–Crippen MR) is 113 cm³/mol. The second-order valence-electron chi connectivity index (χ2n) is 6.18. The lowest BCUT2D eigenvalue weighted by Gasteiger charge is -2.06. The van der Waals surface area contributed by atoms with Crippen LogP contribution in [0.15, 0.2) is 68.8 Å². The maximum atomic E-state index is 13.1. The van der Waals surface area contributed by atoms with E-state index in [2.05, 4.69) is 51.7 Å². The molecule has 3 N–H and O–H groups in total. The van der Waals surface area contributed by atoms with E-state index in [1.54, 1.807) is 6.92 Å². The quantitative estimate of drug-likeness (QED) is 0.340. The summed E-state index contributed by atoms with van der Waals surface area (Å²) >= 11 is 3.39. The molecule has 0 saturated heterocycles. The first-order valence-electron chi connectivity index (χ1n) is 8.74. The molecule has 0 fully saturated rings. The molecule has 30 heavy (non-hydrogen) atoms. The molecule has 2 heterocycles. The molecular weight excluding hydrogens is 452 g/mol. The van der Waals surface area contributed by atoms with E-state index in [1.165, 1.54) is 4.68 Å². The van der Waals surface area contributed by atoms with Gasteiger partial charge in [-0.25, -0.2) is 10.1 Å². The lowest BCUT2D eigenvalue weighted by Crippen LogP contribution is -2.23. The highest BCUT2D eigenvalue weighted by Crippen LogP contribution is 2.24. The Bertz CT molecular complexity index is 1220. The Balaban J connectivity index is 1.72. The minimum atomic E-state index is -0.544. The molecule has 150 valence electrons. The third-order valence-electron chi connectivity index (χ3n) is 4.22. The van der Waals surface area contributed by atoms with Gasteiger partial charge in [-0.15, -0.1) is 5.10 Å². The fraction of sp³-hybridized carbons (Fsp3) is 0.0526. The highest BCUT2D eigenvalue weighted by atomic mass is 79.9. The van der Waals surface area contributed by atoms with Crippen molar-refractivity contribution in [3.8, 4) is 17.1 Å². The van der Waals surface area contributed by atoms with Crippen molar-refractivity contribution in [3.63, 3.8) is 0 Å². The molecule has 0 spiro atoms. The number of nitrogen functional groups attached to an aromatic ring is 1. The Kier molecular flexibility index (Phi) is 5.35. The van der Waals surface area contributed by atoms with Gasteiger partial charge in [0.25, 0.3) is 5.91 Å². The SMILES string of the molecule is C/C(=N\NC(=O)c1c(-c2ccccc2)nnn1-c1nonc1N)c1ccc(Br)cc1. The maximum absolute atomic E-state index is 13.1. The van der Waals surface area contributed by atoms with Crippen molar-refractivity contribution >= 4 is 33.4 Å². The van der Waals surface area contributed by atoms with Gasteiger partial charge >= 0.3 is 0 Å². The average molecular weight is 467 g/mol. The molecule has 0 radical (unpaired) electrons. The summed E-state index contributed by atoms with van der Waals surface area (Å²) in [6, 6.07) is 16.7. The van der Waals surface area contributed by atoms with Crippen LogP contribution in [0.25, 0.3) is 17.1 Å². The Morgan fingerprint density at radius 1 is 1.13 bits per heavy atom. The van der Waals surface area contributed by atoms with Crippen LogP contribution >= 0.6 is 15.9 Å². The van der Waals surface area contributed by atoms with Gasteiger partial charge in [-0.05, 0) is 34.9 Å². The zero-order valence-corrected chi connectivity index (χ0v) is 17.2. The number of carbonyl (C=O) groups excluding carboxylic acids is 1. The van der Waals surface area contributed by atoms with E-state index in [0.29, 0.717) is 17.0 Å². The summed E-state index contributed by atoms with van der Waals surface area (Å²) in [5.41, 5.74) is 10.9. The molecule has 0 bridgehead atoms. The van der Waals surface area contributed by atoms with Crippen molar-refractivity contribution < 1.29 is 9.42 Å². The summed E-state index contributed by atoms with van der Waals surface area (Å²) in [7, 11) is 0. The van der Waals surface area contributed by atoms with Crippen LogP contribution in [0.2, 0.25) is 0 Å². The largest absolute Gasteiger partial charge is 0.378 e. The number of rotatable bonds is 5. The summed E-state index contributed by atoms with van der Waals surface area (Å²) in [6.07, 6.45) is 0. The summed E-state index contributed by atoms with van der Waals surface area (Å²) < 4.78 is 6.76. The van der Waals surface area contributed by atoms with Gasteiger partial charge in [0, 0.05) is 10.0 Å². The molecule has 0 aliphatic heterocycles. The minimum Gasteiger partial charge on any atom is -0.378 e. The van der Waals surface area contributed by atoms with Crippen molar-refractivity contribution in [2.24, 2.45) is 5.10 Å². The first-order chi connectivity index (χ1) is 14.5. The van der Waals surface area contributed by atoms with Gasteiger partial charge in [0.1, 0.15) is 5.69 Å². The number of carbonyl (C=O) groups is 1. The van der Waals surface area contributed by atoms with Crippen molar-refractivity contribution in [3.05, 3.63) is 70.3 Å². The summed E-state index contributed by atoms with van der Waals surface area (Å²) in [5.74, 6) is -0.510. The topological polar surface area (TPSA) is 137 Å². The number of nitrogens with two attached hydrogens (primary N) is 1. The molecule has 0 unspecified atom stereocenters. The van der Waals surface area contributed by atoms with Crippen LogP contribution in [0.1, 0.15) is 23.0 Å². The van der Waals surface area contributed by atoms with Gasteiger partial charge in [-0.3, -0.25) is 4.79 Å². The first-order valence-corrected chi connectivity index (χ1v) is 9.54. The van der Waals surface area contributed by atoms with Gasteiger partial charge < -0.3 is 5.73 Å². The number of hydrazone groups is 1. The van der Waals surface area contributed by atoms with Gasteiger partial charge in [0.05, 0.1) is 5.71 Å². The predicted octanol–water partition coefficient (Wildman–Crippen LogP) is 2.82. The fourth-order valence-corrected chi connectivity index (χ4v) is 2.97. The lowest BCUT2D eigenvalue weighted by atomic mass is 10.1. The second-order valence-corrected chi connectivity index (χ2v) is 7.10. The van der Waals surface area contributed by atoms with E-state index in [4.69, 9.17) is 5.73 Å². The van der Waals surface area contributed by atoms with Crippen molar-refractivity contribution in [2.45, 2.75) is 6.92 Å². The molecular formula is C19H15BrN8O2. The highest BCUT2D eigenvalue weighted by Gasteiger charge is 2.25. The summed E-state index contributed by atoms with van der Waals surface area (Å²) in [4.78, 5) is 13.1. The van der Waals surface area contributed by atoms with Crippen molar-refractivity contribution in [1.29, 1.82) is 0 Å². The fourth-order valence-electron chi connectivity index (χ4n) is 2.71. The number of nitrogens with zero attached hydrogens (tertiary/aromatic N) is 6. The molecule has 10 nitrogen and oxygen atoms in total. The molecule has 2 aromatic carbocycles. The van der Waals surface area contributed by atoms with Crippen LogP contribution in [0.4, 0.5) is 5.82 Å². The molecule has 0 aliphatic rings. The standard InChI is InChI=1S/C19H15BrN8O2/c1-11(12-7-9-14(20)10-8-12)22-24-19(29)16-15(13-5-3-2-4-6-13)23-27-28(16)18-17(21)25-30-26-18/h2-10H,1H3,(H2,21,25)(H,24,29)/b22-11+. The van der Waals surface area contributed by atoms with Gasteiger partial charge in [-0.1, -0.05) is 63.6 Å². The average Bonchev–Trinajstić information content (AvgIpc) is 3.39. The molecule has 1 amide bonds. The van der Waals surface area contributed by atoms with Gasteiger partial charge in [0.2, 0.25) is 11.6 Å². The van der Waals surface area contributed by atoms with Crippen LogP contribution < -0.4 is 11.2 Å². The number of amides is 1. The van der Waals surface area contributed by atoms with Crippen LogP contribution in [0.3, 0.4) is 0 Å². The molecule has 4 rings (SSSR count). The van der Waals surface area contributed by atoms with Crippen LogP contribution in [-0.2, 0) is 0 Å². The minimum absolute atomic E-state index is 0.0249. The first kappa shape index (κ1) is 19.5. The molecule has 0 saturated carbocycles. The molecule has 2 aromatic heterocycles. The van der Waals surface area contributed by atoms with E-state index in [1.807, 2.05) is 54.6 Å². The number of hydrogen-bond donors (Lipinski definition) is 2. The number of nitrogens with one attached hydrogen (secondary N) is 1.